The number of nitrogens with one attached hydrogen (secondary N) is 1. The monoisotopic (exact) mass is 448 g/mol. The van der Waals surface area contributed by atoms with Gasteiger partial charge in [-0.3, -0.25) is 9.59 Å². The molecule has 5 nitrogen and oxygen atoms in total. The van der Waals surface area contributed by atoms with Gasteiger partial charge in [0.25, 0.3) is 5.91 Å². The lowest BCUT2D eigenvalue weighted by atomic mass is 10.1. The van der Waals surface area contributed by atoms with Crippen molar-refractivity contribution in [2.75, 3.05) is 6.61 Å². The van der Waals surface area contributed by atoms with E-state index in [-0.39, 0.29) is 36.8 Å². The number of amides is 2. The molecular formula is C24H30ClFN2O3. The molecule has 2 unspecified atom stereocenters. The van der Waals surface area contributed by atoms with E-state index in [9.17, 15) is 14.0 Å². The number of halogens is 2. The smallest absolute Gasteiger partial charge is 0.261 e. The van der Waals surface area contributed by atoms with Crippen molar-refractivity contribution >= 4 is 23.4 Å². The van der Waals surface area contributed by atoms with Crippen LogP contribution in [0.25, 0.3) is 0 Å². The molecule has 0 spiro atoms. The number of carbonyl (C=O) groups is 2. The highest BCUT2D eigenvalue weighted by atomic mass is 35.5. The summed E-state index contributed by atoms with van der Waals surface area (Å²) in [5.74, 6) is -0.420. The van der Waals surface area contributed by atoms with E-state index in [4.69, 9.17) is 16.3 Å². The number of rotatable bonds is 9. The molecule has 0 fully saturated rings. The zero-order valence-electron chi connectivity index (χ0n) is 18.7. The second kappa shape index (κ2) is 11.1. The molecule has 1 N–H and O–H groups in total. The normalized spacial score (nSPS) is 12.7. The van der Waals surface area contributed by atoms with Crippen LogP contribution >= 0.6 is 11.6 Å². The van der Waals surface area contributed by atoms with Crippen LogP contribution in [0.4, 0.5) is 4.39 Å². The molecule has 0 bridgehead atoms. The first-order chi connectivity index (χ1) is 14.6. The number of ether oxygens (including phenoxy) is 1. The molecule has 2 rings (SSSR count). The maximum absolute atomic E-state index is 13.3. The Bertz CT molecular complexity index is 895. The van der Waals surface area contributed by atoms with Crippen LogP contribution in [-0.4, -0.2) is 35.4 Å². The Kier molecular flexibility index (Phi) is 8.87. The first kappa shape index (κ1) is 24.7. The van der Waals surface area contributed by atoms with Crippen LogP contribution in [0.2, 0.25) is 5.02 Å². The van der Waals surface area contributed by atoms with E-state index in [0.29, 0.717) is 10.8 Å². The Morgan fingerprint density at radius 1 is 1.13 bits per heavy atom. The molecule has 2 amide bonds. The molecule has 0 aliphatic carbocycles. The zero-order valence-corrected chi connectivity index (χ0v) is 19.4. The largest absolute Gasteiger partial charge is 0.484 e. The van der Waals surface area contributed by atoms with Gasteiger partial charge in [-0.05, 0) is 75.1 Å². The molecule has 31 heavy (non-hydrogen) atoms. The van der Waals surface area contributed by atoms with Crippen LogP contribution in [0, 0.1) is 19.7 Å². The van der Waals surface area contributed by atoms with Crippen LogP contribution < -0.4 is 10.1 Å². The van der Waals surface area contributed by atoms with E-state index < -0.39 is 6.04 Å². The van der Waals surface area contributed by atoms with Gasteiger partial charge in [0.05, 0.1) is 0 Å². The fraction of sp³-hybridized carbons (Fsp3) is 0.417. The molecule has 0 aliphatic rings. The fourth-order valence-electron chi connectivity index (χ4n) is 3.05. The third-order valence-electron chi connectivity index (χ3n) is 5.21. The number of carbonyl (C=O) groups excluding carboxylic acids is 2. The van der Waals surface area contributed by atoms with Gasteiger partial charge < -0.3 is 15.0 Å². The van der Waals surface area contributed by atoms with Crippen molar-refractivity contribution in [1.82, 2.24) is 10.2 Å². The minimum atomic E-state index is -0.719. The van der Waals surface area contributed by atoms with E-state index >= 15 is 0 Å². The minimum Gasteiger partial charge on any atom is -0.484 e. The van der Waals surface area contributed by atoms with Crippen LogP contribution in [-0.2, 0) is 16.1 Å². The van der Waals surface area contributed by atoms with Gasteiger partial charge in [-0.15, -0.1) is 0 Å². The number of hydrogen-bond acceptors (Lipinski definition) is 3. The summed E-state index contributed by atoms with van der Waals surface area (Å²) in [6.45, 7) is 9.22. The van der Waals surface area contributed by atoms with Crippen molar-refractivity contribution in [3.05, 3.63) is 63.9 Å². The molecule has 0 aliphatic heterocycles. The quantitative estimate of drug-likeness (QED) is 0.599. The Morgan fingerprint density at radius 2 is 1.71 bits per heavy atom. The summed E-state index contributed by atoms with van der Waals surface area (Å²) in [6.07, 6.45) is 0.781. The molecule has 2 atom stereocenters. The van der Waals surface area contributed by atoms with Gasteiger partial charge in [-0.2, -0.15) is 0 Å². The summed E-state index contributed by atoms with van der Waals surface area (Å²) in [4.78, 5) is 27.2. The Morgan fingerprint density at radius 3 is 2.26 bits per heavy atom. The minimum absolute atomic E-state index is 0.00556. The van der Waals surface area contributed by atoms with Crippen molar-refractivity contribution in [2.45, 2.75) is 59.7 Å². The van der Waals surface area contributed by atoms with E-state index in [1.165, 1.54) is 17.0 Å². The topological polar surface area (TPSA) is 58.6 Å². The Hall–Kier alpha value is -2.60. The summed E-state index contributed by atoms with van der Waals surface area (Å²) in [7, 11) is 0. The second-order valence-corrected chi connectivity index (χ2v) is 8.18. The van der Waals surface area contributed by atoms with Crippen LogP contribution in [0.15, 0.2) is 36.4 Å². The zero-order chi connectivity index (χ0) is 23.1. The summed E-state index contributed by atoms with van der Waals surface area (Å²) >= 11 is 6.19. The highest BCUT2D eigenvalue weighted by Gasteiger charge is 2.27. The Labute approximate surface area is 188 Å². The third kappa shape index (κ3) is 6.96. The average molecular weight is 449 g/mol. The maximum atomic E-state index is 13.3. The van der Waals surface area contributed by atoms with Gasteiger partial charge in [0.15, 0.2) is 6.61 Å². The van der Waals surface area contributed by atoms with Gasteiger partial charge in [0, 0.05) is 17.6 Å². The first-order valence-corrected chi connectivity index (χ1v) is 10.7. The predicted octanol–water partition coefficient (Wildman–Crippen LogP) is 4.81. The van der Waals surface area contributed by atoms with E-state index in [1.54, 1.807) is 31.2 Å². The summed E-state index contributed by atoms with van der Waals surface area (Å²) in [5, 5.41) is 3.57. The van der Waals surface area contributed by atoms with Crippen LogP contribution in [0.3, 0.4) is 0 Å². The highest BCUT2D eigenvalue weighted by Crippen LogP contribution is 2.26. The molecule has 0 radical (unpaired) electrons. The van der Waals surface area contributed by atoms with Gasteiger partial charge >= 0.3 is 0 Å². The number of hydrogen-bond donors (Lipinski definition) is 1. The van der Waals surface area contributed by atoms with Gasteiger partial charge in [-0.25, -0.2) is 4.39 Å². The van der Waals surface area contributed by atoms with Crippen molar-refractivity contribution in [3.8, 4) is 5.75 Å². The van der Waals surface area contributed by atoms with E-state index in [1.807, 2.05) is 27.7 Å². The summed E-state index contributed by atoms with van der Waals surface area (Å²) in [6, 6.07) is 8.68. The Balaban J connectivity index is 2.18. The summed E-state index contributed by atoms with van der Waals surface area (Å²) < 4.78 is 19.0. The number of nitrogens with zero attached hydrogens (tertiary/aromatic N) is 1. The molecular weight excluding hydrogens is 419 g/mol. The molecule has 0 heterocycles. The predicted molar refractivity (Wildman–Crippen MR) is 121 cm³/mol. The lowest BCUT2D eigenvalue weighted by Gasteiger charge is -2.29. The first-order valence-electron chi connectivity index (χ1n) is 10.4. The number of aryl methyl sites for hydroxylation is 2. The molecule has 0 saturated carbocycles. The average Bonchev–Trinajstić information content (AvgIpc) is 2.74. The van der Waals surface area contributed by atoms with E-state index in [2.05, 4.69) is 5.32 Å². The molecule has 168 valence electrons. The van der Waals surface area contributed by atoms with Gasteiger partial charge in [0.1, 0.15) is 17.6 Å². The standard InChI is InChI=1S/C24H30ClFN2O3/c1-6-17(4)27-24(30)18(5)28(13-19-7-9-20(26)10-8-19)22(29)14-31-21-11-15(2)23(25)16(3)12-21/h7-12,17-18H,6,13-14H2,1-5H3,(H,27,30). The van der Waals surface area contributed by atoms with Crippen molar-refractivity contribution in [3.63, 3.8) is 0 Å². The second-order valence-electron chi connectivity index (χ2n) is 7.80. The lowest BCUT2D eigenvalue weighted by molar-refractivity contribution is -0.142. The lowest BCUT2D eigenvalue weighted by Crippen LogP contribution is -2.50. The van der Waals surface area contributed by atoms with Crippen LogP contribution in [0.1, 0.15) is 43.9 Å². The van der Waals surface area contributed by atoms with Crippen molar-refractivity contribution in [1.29, 1.82) is 0 Å². The van der Waals surface area contributed by atoms with Crippen molar-refractivity contribution < 1.29 is 18.7 Å². The highest BCUT2D eigenvalue weighted by molar-refractivity contribution is 6.32. The summed E-state index contributed by atoms with van der Waals surface area (Å²) in [5.41, 5.74) is 2.43. The third-order valence-corrected chi connectivity index (χ3v) is 5.80. The van der Waals surface area contributed by atoms with Crippen LogP contribution in [0.5, 0.6) is 5.75 Å². The van der Waals surface area contributed by atoms with Gasteiger partial charge in [-0.1, -0.05) is 30.7 Å². The number of benzene rings is 2. The fourth-order valence-corrected chi connectivity index (χ4v) is 3.16. The molecule has 0 saturated heterocycles. The SMILES string of the molecule is CCC(C)NC(=O)C(C)N(Cc1ccc(F)cc1)C(=O)COc1cc(C)c(Cl)c(C)c1. The van der Waals surface area contributed by atoms with Crippen molar-refractivity contribution in [2.24, 2.45) is 0 Å². The molecule has 7 heteroatoms. The molecule has 2 aromatic carbocycles. The van der Waals surface area contributed by atoms with E-state index in [0.717, 1.165) is 23.1 Å². The maximum Gasteiger partial charge on any atom is 0.261 e. The molecule has 0 aromatic heterocycles. The molecule has 2 aromatic rings. The van der Waals surface area contributed by atoms with Gasteiger partial charge in [0.2, 0.25) is 5.91 Å².